The molecule has 0 bridgehead atoms. The Morgan fingerprint density at radius 2 is 0.590 bits per heavy atom. The van der Waals surface area contributed by atoms with Gasteiger partial charge >= 0.3 is 0 Å². The zero-order chi connectivity index (χ0) is 55.7. The lowest BCUT2D eigenvalue weighted by Crippen LogP contribution is -2.13. The van der Waals surface area contributed by atoms with Crippen LogP contribution in [0.1, 0.15) is 164 Å². The van der Waals surface area contributed by atoms with E-state index < -0.39 is 0 Å². The second-order valence-corrected chi connectivity index (χ2v) is 29.8. The van der Waals surface area contributed by atoms with Crippen molar-refractivity contribution < 1.29 is 0 Å². The fraction of sp³-hybridized carbons (Fsp3) is 0.329. The van der Waals surface area contributed by atoms with Crippen molar-refractivity contribution in [2.24, 2.45) is 0 Å². The molecule has 0 saturated heterocycles. The van der Waals surface area contributed by atoms with E-state index >= 15 is 0 Å². The Bertz CT molecular complexity index is 4330. The van der Waals surface area contributed by atoms with Gasteiger partial charge in [0.15, 0.2) is 0 Å². The topological polar surface area (TPSA) is 38.6 Å². The molecule has 0 aliphatic carbocycles. The first-order valence-electron chi connectivity index (χ1n) is 28.1. The van der Waals surface area contributed by atoms with Crippen molar-refractivity contribution in [2.45, 2.75) is 157 Å². The lowest BCUT2D eigenvalue weighted by molar-refractivity contribution is 0.590. The maximum atomic E-state index is 12.8. The summed E-state index contributed by atoms with van der Waals surface area (Å²) >= 11 is 1.85. The van der Waals surface area contributed by atoms with Gasteiger partial charge in [-0.3, -0.25) is 0 Å². The molecule has 394 valence electrons. The van der Waals surface area contributed by atoms with Crippen molar-refractivity contribution in [1.82, 2.24) is 13.7 Å². The summed E-state index contributed by atoms with van der Waals surface area (Å²) in [7, 11) is 0. The molecule has 0 aliphatic rings. The minimum absolute atomic E-state index is 0.0752. The summed E-state index contributed by atoms with van der Waals surface area (Å²) in [5, 5.41) is 22.2. The van der Waals surface area contributed by atoms with Crippen LogP contribution in [0.3, 0.4) is 0 Å². The Morgan fingerprint density at radius 3 is 0.872 bits per heavy atom. The number of aromatic nitrogens is 3. The van der Waals surface area contributed by atoms with E-state index in [1.807, 2.05) is 11.3 Å². The molecular formula is C73H76N4S. The van der Waals surface area contributed by atoms with Crippen molar-refractivity contribution in [1.29, 1.82) is 5.26 Å². The Morgan fingerprint density at radius 1 is 0.321 bits per heavy atom. The molecule has 4 aromatic heterocycles. The van der Waals surface area contributed by atoms with Gasteiger partial charge in [0.2, 0.25) is 0 Å². The number of fused-ring (bicyclic) bond motifs is 12. The Kier molecular flexibility index (Phi) is 11.2. The van der Waals surface area contributed by atoms with Crippen LogP contribution in [0.4, 0.5) is 0 Å². The van der Waals surface area contributed by atoms with Crippen LogP contribution in [-0.4, -0.2) is 13.7 Å². The van der Waals surface area contributed by atoms with Crippen molar-refractivity contribution in [2.75, 3.05) is 0 Å². The van der Waals surface area contributed by atoms with E-state index in [0.29, 0.717) is 5.56 Å². The van der Waals surface area contributed by atoms with E-state index in [1.54, 1.807) is 0 Å². The molecule has 12 rings (SSSR count). The van der Waals surface area contributed by atoms with E-state index in [2.05, 4.69) is 278 Å². The first kappa shape index (κ1) is 51.6. The number of thiophene rings is 1. The molecule has 8 aromatic carbocycles. The molecule has 0 saturated carbocycles. The molecular weight excluding hydrogens is 965 g/mol. The van der Waals surface area contributed by atoms with Crippen LogP contribution < -0.4 is 0 Å². The van der Waals surface area contributed by atoms with Crippen LogP contribution in [0.15, 0.2) is 133 Å². The third-order valence-electron chi connectivity index (χ3n) is 17.0. The zero-order valence-electron chi connectivity index (χ0n) is 49.4. The summed E-state index contributed by atoms with van der Waals surface area (Å²) < 4.78 is 9.82. The third-order valence-corrected chi connectivity index (χ3v) is 18.2. The van der Waals surface area contributed by atoms with Crippen LogP contribution in [0.2, 0.25) is 0 Å². The average Bonchev–Trinajstić information content (AvgIpc) is 3.65. The van der Waals surface area contributed by atoms with Gasteiger partial charge in [-0.25, -0.2) is 0 Å². The van der Waals surface area contributed by atoms with Gasteiger partial charge in [-0.2, -0.15) is 5.26 Å². The molecule has 0 spiro atoms. The first-order valence-corrected chi connectivity index (χ1v) is 29.0. The van der Waals surface area contributed by atoms with Gasteiger partial charge in [0.1, 0.15) is 11.6 Å². The predicted octanol–water partition coefficient (Wildman–Crippen LogP) is 21.0. The highest BCUT2D eigenvalue weighted by molar-refractivity contribution is 7.26. The molecule has 4 heterocycles. The van der Waals surface area contributed by atoms with E-state index in [4.69, 9.17) is 0 Å². The summed E-state index contributed by atoms with van der Waals surface area (Å²) in [6.07, 6.45) is 0. The molecule has 5 heteroatoms. The normalized spacial score (nSPS) is 13.5. The van der Waals surface area contributed by atoms with Crippen LogP contribution in [0.5, 0.6) is 0 Å². The average molecular weight is 1040 g/mol. The molecule has 4 nitrogen and oxygen atoms in total. The standard InChI is InChI=1S/C73H76N4S/c1-68(2,3)42-23-29-56-49(35-42)50-36-43(69(4,5)6)24-30-57(50)75(56)64-55(41-74)65(76-58-31-25-44(70(7,8)9)37-51(58)52-38-45(71(10,11)12)26-32-59(52)76)66(67-63(64)48-21-19-20-22-62(48)78-67)77-60-33-27-46(72(13,14)15)39-53(60)54-40-47(73(16,17)18)28-34-61(54)77/h19-40H,1-18H3. The first-order chi connectivity index (χ1) is 36.4. The maximum Gasteiger partial charge on any atom is 0.104 e. The molecule has 0 atom stereocenters. The lowest BCUT2D eigenvalue weighted by atomic mass is 9.85. The highest BCUT2D eigenvalue weighted by atomic mass is 32.1. The summed E-state index contributed by atoms with van der Waals surface area (Å²) in [6.45, 7) is 41.5. The SMILES string of the molecule is CC(C)(C)c1ccc2c(c1)c1cc(C(C)(C)C)ccc1n2-c1c(C#N)c(-n2c3ccc(C(C)(C)C)cc3c3cc(C(C)(C)C)ccc32)c2c(sc3ccccc32)c1-n1c2ccc(C(C)(C)C)cc2c2cc(C(C)(C)C)ccc21. The lowest BCUT2D eigenvalue weighted by Gasteiger charge is -2.24. The quantitative estimate of drug-likeness (QED) is 0.174. The number of hydrogen-bond acceptors (Lipinski definition) is 2. The smallest absolute Gasteiger partial charge is 0.104 e. The highest BCUT2D eigenvalue weighted by Gasteiger charge is 2.34. The van der Waals surface area contributed by atoms with Gasteiger partial charge in [0.25, 0.3) is 0 Å². The monoisotopic (exact) mass is 1040 g/mol. The van der Waals surface area contributed by atoms with Crippen LogP contribution in [0, 0.1) is 11.3 Å². The maximum absolute atomic E-state index is 12.8. The minimum Gasteiger partial charge on any atom is -0.307 e. The van der Waals surface area contributed by atoms with Crippen LogP contribution in [-0.2, 0) is 32.5 Å². The molecule has 0 fully saturated rings. The van der Waals surface area contributed by atoms with Crippen molar-refractivity contribution in [3.8, 4) is 23.1 Å². The molecule has 0 radical (unpaired) electrons. The molecule has 0 N–H and O–H groups in total. The molecule has 12 aromatic rings. The van der Waals surface area contributed by atoms with E-state index in [1.165, 1.54) is 70.4 Å². The van der Waals surface area contributed by atoms with Gasteiger partial charge < -0.3 is 13.7 Å². The number of nitriles is 1. The number of hydrogen-bond donors (Lipinski definition) is 0. The van der Waals surface area contributed by atoms with Gasteiger partial charge in [-0.1, -0.05) is 179 Å². The van der Waals surface area contributed by atoms with Crippen molar-refractivity contribution in [3.63, 3.8) is 0 Å². The van der Waals surface area contributed by atoms with Crippen LogP contribution in [0.25, 0.3) is 103 Å². The van der Waals surface area contributed by atoms with E-state index in [9.17, 15) is 5.26 Å². The minimum atomic E-state index is -0.0899. The van der Waals surface area contributed by atoms with E-state index in [-0.39, 0.29) is 32.5 Å². The molecule has 0 amide bonds. The second-order valence-electron chi connectivity index (χ2n) is 28.7. The van der Waals surface area contributed by atoms with Gasteiger partial charge in [-0.15, -0.1) is 11.3 Å². The van der Waals surface area contributed by atoms with Crippen LogP contribution >= 0.6 is 11.3 Å². The summed E-state index contributed by atoms with van der Waals surface area (Å²) in [4.78, 5) is 0. The Hall–Kier alpha value is -7.13. The second kappa shape index (κ2) is 16.9. The fourth-order valence-electron chi connectivity index (χ4n) is 12.3. The molecule has 78 heavy (non-hydrogen) atoms. The molecule has 0 aliphatic heterocycles. The fourth-order valence-corrected chi connectivity index (χ4v) is 13.5. The Labute approximate surface area is 465 Å². The summed E-state index contributed by atoms with van der Waals surface area (Å²) in [6, 6.07) is 54.6. The predicted molar refractivity (Wildman–Crippen MR) is 339 cm³/mol. The number of benzene rings is 8. The summed E-state index contributed by atoms with van der Waals surface area (Å²) in [5.41, 5.74) is 17.2. The third kappa shape index (κ3) is 7.94. The highest BCUT2D eigenvalue weighted by Crippen LogP contribution is 2.52. The van der Waals surface area contributed by atoms with Gasteiger partial charge in [0.05, 0.1) is 54.9 Å². The van der Waals surface area contributed by atoms with Gasteiger partial charge in [-0.05, 0) is 145 Å². The van der Waals surface area contributed by atoms with E-state index in [0.717, 1.165) is 65.6 Å². The largest absolute Gasteiger partial charge is 0.307 e. The van der Waals surface area contributed by atoms with Crippen molar-refractivity contribution in [3.05, 3.63) is 172 Å². The summed E-state index contributed by atoms with van der Waals surface area (Å²) in [5.74, 6) is 0. The molecule has 0 unspecified atom stereocenters. The van der Waals surface area contributed by atoms with Gasteiger partial charge in [0, 0.05) is 47.8 Å². The Balaban J connectivity index is 1.38. The zero-order valence-corrected chi connectivity index (χ0v) is 50.2. The number of nitrogens with zero attached hydrogens (tertiary/aromatic N) is 4. The van der Waals surface area contributed by atoms with Crippen molar-refractivity contribution >= 4 is 96.9 Å². The number of rotatable bonds is 3.